The molecule has 0 unspecified atom stereocenters. The average molecular weight is 215 g/mol. The average Bonchev–Trinajstić information content (AvgIpc) is 2.12. The number of hydrogen-bond donors (Lipinski definition) is 2. The molecule has 0 radical (unpaired) electrons. The highest BCUT2D eigenvalue weighted by atomic mass is 16.5. The lowest BCUT2D eigenvalue weighted by Crippen LogP contribution is -2.45. The third-order valence-electron chi connectivity index (χ3n) is 2.75. The van der Waals surface area contributed by atoms with E-state index < -0.39 is 5.97 Å². The highest BCUT2D eigenvalue weighted by Crippen LogP contribution is 2.22. The maximum Gasteiger partial charge on any atom is 0.303 e. The zero-order valence-electron chi connectivity index (χ0n) is 9.37. The minimum Gasteiger partial charge on any atom is -0.481 e. The van der Waals surface area contributed by atoms with E-state index in [9.17, 15) is 4.79 Å². The molecular formula is C11H21NO3. The fraction of sp³-hybridized carbons (Fsp3) is 0.909. The highest BCUT2D eigenvalue weighted by molar-refractivity contribution is 5.66. The molecule has 0 aliphatic heterocycles. The van der Waals surface area contributed by atoms with Crippen LogP contribution in [0.15, 0.2) is 0 Å². The van der Waals surface area contributed by atoms with Crippen LogP contribution in [-0.2, 0) is 9.53 Å². The first-order valence-corrected chi connectivity index (χ1v) is 5.79. The van der Waals surface area contributed by atoms with Crippen molar-refractivity contribution in [2.45, 2.75) is 51.2 Å². The molecule has 2 N–H and O–H groups in total. The molecule has 1 aliphatic rings. The third kappa shape index (κ3) is 5.14. The minimum absolute atomic E-state index is 0.286. The Bertz CT molecular complexity index is 190. The smallest absolute Gasteiger partial charge is 0.303 e. The molecule has 0 bridgehead atoms. The van der Waals surface area contributed by atoms with Crippen LogP contribution in [0.3, 0.4) is 0 Å². The maximum absolute atomic E-state index is 10.2. The van der Waals surface area contributed by atoms with Crippen molar-refractivity contribution in [3.8, 4) is 0 Å². The second-order valence-electron chi connectivity index (χ2n) is 4.05. The van der Waals surface area contributed by atoms with E-state index in [0.717, 1.165) is 38.8 Å². The summed E-state index contributed by atoms with van der Waals surface area (Å²) in [6.45, 7) is 3.75. The second kappa shape index (κ2) is 6.80. The van der Waals surface area contributed by atoms with Crippen LogP contribution >= 0.6 is 0 Å². The standard InChI is InChI=1S/C11H21NO3/c1-2-15-10-7-9(8-10)12-6-4-3-5-11(13)14/h9-10,12H,2-8H2,1H3,(H,13,14). The van der Waals surface area contributed by atoms with Crippen molar-refractivity contribution in [2.24, 2.45) is 0 Å². The van der Waals surface area contributed by atoms with E-state index in [1.54, 1.807) is 0 Å². The number of rotatable bonds is 8. The Kier molecular flexibility index (Phi) is 5.65. The Balaban J connectivity index is 1.84. The van der Waals surface area contributed by atoms with Gasteiger partial charge in [-0.1, -0.05) is 0 Å². The van der Waals surface area contributed by atoms with Crippen LogP contribution in [0.25, 0.3) is 0 Å². The fourth-order valence-corrected chi connectivity index (χ4v) is 1.81. The molecule has 0 amide bonds. The predicted molar refractivity (Wildman–Crippen MR) is 57.9 cm³/mol. The largest absolute Gasteiger partial charge is 0.481 e. The van der Waals surface area contributed by atoms with Gasteiger partial charge in [-0.2, -0.15) is 0 Å². The van der Waals surface area contributed by atoms with Crippen LogP contribution < -0.4 is 5.32 Å². The van der Waals surface area contributed by atoms with Gasteiger partial charge in [0.2, 0.25) is 0 Å². The number of carboxylic acids is 1. The number of aliphatic carboxylic acids is 1. The molecule has 0 aromatic carbocycles. The zero-order chi connectivity index (χ0) is 11.1. The van der Waals surface area contributed by atoms with Gasteiger partial charge < -0.3 is 15.2 Å². The third-order valence-corrected chi connectivity index (χ3v) is 2.75. The molecule has 0 heterocycles. The van der Waals surface area contributed by atoms with Crippen LogP contribution in [0.1, 0.15) is 39.0 Å². The van der Waals surface area contributed by atoms with Crippen molar-refractivity contribution in [1.29, 1.82) is 0 Å². The van der Waals surface area contributed by atoms with E-state index in [4.69, 9.17) is 9.84 Å². The molecule has 1 aliphatic carbocycles. The summed E-state index contributed by atoms with van der Waals surface area (Å²) in [5, 5.41) is 11.8. The Morgan fingerprint density at radius 2 is 2.20 bits per heavy atom. The number of carboxylic acid groups (broad SMARTS) is 1. The number of hydrogen-bond acceptors (Lipinski definition) is 3. The molecule has 0 aromatic rings. The van der Waals surface area contributed by atoms with Gasteiger partial charge in [0.05, 0.1) is 6.10 Å². The summed E-state index contributed by atoms with van der Waals surface area (Å²) < 4.78 is 5.45. The summed E-state index contributed by atoms with van der Waals surface area (Å²) in [5.74, 6) is -0.699. The van der Waals surface area contributed by atoms with Crippen molar-refractivity contribution in [1.82, 2.24) is 5.32 Å². The van der Waals surface area contributed by atoms with Gasteiger partial charge in [0.15, 0.2) is 0 Å². The second-order valence-corrected chi connectivity index (χ2v) is 4.05. The first-order valence-electron chi connectivity index (χ1n) is 5.79. The lowest BCUT2D eigenvalue weighted by atomic mass is 9.89. The van der Waals surface area contributed by atoms with Crippen molar-refractivity contribution in [3.63, 3.8) is 0 Å². The normalized spacial score (nSPS) is 24.9. The first-order chi connectivity index (χ1) is 7.22. The molecule has 88 valence electrons. The topological polar surface area (TPSA) is 58.6 Å². The van der Waals surface area contributed by atoms with Crippen molar-refractivity contribution in [3.05, 3.63) is 0 Å². The zero-order valence-corrected chi connectivity index (χ0v) is 9.37. The Morgan fingerprint density at radius 1 is 1.47 bits per heavy atom. The molecule has 1 saturated carbocycles. The number of nitrogens with one attached hydrogen (secondary N) is 1. The predicted octanol–water partition coefficient (Wildman–Crippen LogP) is 1.40. The summed E-state index contributed by atoms with van der Waals surface area (Å²) >= 11 is 0. The quantitative estimate of drug-likeness (QED) is 0.601. The molecule has 1 rings (SSSR count). The molecule has 1 fully saturated rings. The number of carbonyl (C=O) groups is 1. The summed E-state index contributed by atoms with van der Waals surface area (Å²) in [6, 6.07) is 0.589. The minimum atomic E-state index is -0.699. The van der Waals surface area contributed by atoms with E-state index in [1.807, 2.05) is 6.92 Å². The van der Waals surface area contributed by atoms with Crippen molar-refractivity contribution < 1.29 is 14.6 Å². The van der Waals surface area contributed by atoms with Gasteiger partial charge in [-0.05, 0) is 39.2 Å². The van der Waals surface area contributed by atoms with Crippen molar-refractivity contribution in [2.75, 3.05) is 13.2 Å². The Morgan fingerprint density at radius 3 is 2.80 bits per heavy atom. The van der Waals surface area contributed by atoms with Crippen molar-refractivity contribution >= 4 is 5.97 Å². The first kappa shape index (κ1) is 12.5. The van der Waals surface area contributed by atoms with E-state index in [1.165, 1.54) is 0 Å². The Hall–Kier alpha value is -0.610. The van der Waals surface area contributed by atoms with Gasteiger partial charge in [0.1, 0.15) is 0 Å². The summed E-state index contributed by atoms with van der Waals surface area (Å²) in [5.41, 5.74) is 0. The van der Waals surface area contributed by atoms with Gasteiger partial charge in [-0.25, -0.2) is 0 Å². The van der Waals surface area contributed by atoms with E-state index >= 15 is 0 Å². The monoisotopic (exact) mass is 215 g/mol. The number of unbranched alkanes of at least 4 members (excludes halogenated alkanes) is 1. The summed E-state index contributed by atoms with van der Waals surface area (Å²) in [4.78, 5) is 10.2. The van der Waals surface area contributed by atoms with Crippen LogP contribution in [0.5, 0.6) is 0 Å². The molecule has 15 heavy (non-hydrogen) atoms. The van der Waals surface area contributed by atoms with Crippen LogP contribution in [0.4, 0.5) is 0 Å². The van der Waals surface area contributed by atoms with Gasteiger partial charge >= 0.3 is 5.97 Å². The number of ether oxygens (including phenoxy) is 1. The van der Waals surface area contributed by atoms with Crippen LogP contribution in [-0.4, -0.2) is 36.4 Å². The fourth-order valence-electron chi connectivity index (χ4n) is 1.81. The molecular weight excluding hydrogens is 194 g/mol. The highest BCUT2D eigenvalue weighted by Gasteiger charge is 2.28. The van der Waals surface area contributed by atoms with E-state index in [2.05, 4.69) is 5.32 Å². The lowest BCUT2D eigenvalue weighted by molar-refractivity contribution is -0.137. The van der Waals surface area contributed by atoms with Gasteiger partial charge in [-0.15, -0.1) is 0 Å². The van der Waals surface area contributed by atoms with Gasteiger partial charge in [0, 0.05) is 19.1 Å². The van der Waals surface area contributed by atoms with E-state index in [0.29, 0.717) is 12.1 Å². The van der Waals surface area contributed by atoms with E-state index in [-0.39, 0.29) is 6.42 Å². The molecule has 0 saturated heterocycles. The molecule has 0 atom stereocenters. The summed E-state index contributed by atoms with van der Waals surface area (Å²) in [7, 11) is 0. The van der Waals surface area contributed by atoms with Crippen LogP contribution in [0, 0.1) is 0 Å². The Labute approximate surface area is 91.0 Å². The summed E-state index contributed by atoms with van der Waals surface area (Å²) in [6.07, 6.45) is 4.66. The molecule has 4 heteroatoms. The van der Waals surface area contributed by atoms with Gasteiger partial charge in [0.25, 0.3) is 0 Å². The maximum atomic E-state index is 10.2. The van der Waals surface area contributed by atoms with Gasteiger partial charge in [-0.3, -0.25) is 4.79 Å². The lowest BCUT2D eigenvalue weighted by Gasteiger charge is -2.35. The molecule has 0 spiro atoms. The SMILES string of the molecule is CCOC1CC(NCCCCC(=O)O)C1. The molecule has 0 aromatic heterocycles. The molecule has 4 nitrogen and oxygen atoms in total. The van der Waals surface area contributed by atoms with Crippen LogP contribution in [0.2, 0.25) is 0 Å².